The smallest absolute Gasteiger partial charge is 0.407 e. The number of benzene rings is 1. The van der Waals surface area contributed by atoms with Crippen molar-refractivity contribution in [2.45, 2.75) is 13.5 Å². The lowest BCUT2D eigenvalue weighted by atomic mass is 10.2. The van der Waals surface area contributed by atoms with Gasteiger partial charge in [-0.05, 0) is 12.1 Å². The van der Waals surface area contributed by atoms with Crippen molar-refractivity contribution in [1.82, 2.24) is 10.2 Å². The van der Waals surface area contributed by atoms with Crippen LogP contribution in [0.5, 0.6) is 0 Å². The molecule has 0 fully saturated rings. The van der Waals surface area contributed by atoms with E-state index < -0.39 is 6.09 Å². The summed E-state index contributed by atoms with van der Waals surface area (Å²) >= 11 is 0. The average molecular weight is 266 g/mol. The van der Waals surface area contributed by atoms with Gasteiger partial charge in [0.25, 0.3) is 0 Å². The van der Waals surface area contributed by atoms with Crippen molar-refractivity contribution in [2.75, 3.05) is 32.8 Å². The van der Waals surface area contributed by atoms with Crippen LogP contribution in [-0.4, -0.2) is 48.9 Å². The molecule has 1 amide bonds. The van der Waals surface area contributed by atoms with E-state index in [1.165, 1.54) is 0 Å². The lowest BCUT2D eigenvalue weighted by molar-refractivity contribution is 0.137. The zero-order valence-electron chi connectivity index (χ0n) is 11.3. The van der Waals surface area contributed by atoms with Crippen LogP contribution in [0.3, 0.4) is 0 Å². The molecule has 106 valence electrons. The van der Waals surface area contributed by atoms with Crippen LogP contribution in [0, 0.1) is 0 Å². The van der Waals surface area contributed by atoms with Crippen molar-refractivity contribution < 1.29 is 14.6 Å². The van der Waals surface area contributed by atoms with Gasteiger partial charge < -0.3 is 15.2 Å². The molecule has 0 bridgehead atoms. The number of ether oxygens (including phenoxy) is 1. The summed E-state index contributed by atoms with van der Waals surface area (Å²) in [5, 5.41) is 11.5. The molecule has 0 unspecified atom stereocenters. The third-order valence-corrected chi connectivity index (χ3v) is 2.77. The molecule has 1 rings (SSSR count). The number of nitrogens with one attached hydrogen (secondary N) is 1. The molecule has 5 nitrogen and oxygen atoms in total. The van der Waals surface area contributed by atoms with Gasteiger partial charge in [-0.1, -0.05) is 37.3 Å². The molecule has 0 aromatic heterocycles. The minimum absolute atomic E-state index is 0.131. The van der Waals surface area contributed by atoms with E-state index in [4.69, 9.17) is 9.84 Å². The van der Waals surface area contributed by atoms with E-state index in [1.54, 1.807) is 0 Å². The molecule has 1 aromatic carbocycles. The number of carbonyl (C=O) groups is 1. The Morgan fingerprint density at radius 2 is 2.05 bits per heavy atom. The Hall–Kier alpha value is -1.59. The highest BCUT2D eigenvalue weighted by Gasteiger charge is 2.04. The summed E-state index contributed by atoms with van der Waals surface area (Å²) in [4.78, 5) is 13.5. The molecule has 0 aliphatic rings. The summed E-state index contributed by atoms with van der Waals surface area (Å²) in [6.07, 6.45) is -0.413. The number of amides is 1. The lowest BCUT2D eigenvalue weighted by Gasteiger charge is -2.18. The zero-order chi connectivity index (χ0) is 13.9. The minimum atomic E-state index is -0.413. The van der Waals surface area contributed by atoms with E-state index >= 15 is 0 Å². The third kappa shape index (κ3) is 6.79. The zero-order valence-corrected chi connectivity index (χ0v) is 11.3. The van der Waals surface area contributed by atoms with Crippen LogP contribution in [0.4, 0.5) is 4.79 Å². The van der Waals surface area contributed by atoms with Crippen LogP contribution in [0.25, 0.3) is 0 Å². The summed E-state index contributed by atoms with van der Waals surface area (Å²) in [5.74, 6) is 0. The topological polar surface area (TPSA) is 61.8 Å². The minimum Gasteiger partial charge on any atom is -0.445 e. The summed E-state index contributed by atoms with van der Waals surface area (Å²) < 4.78 is 5.09. The van der Waals surface area contributed by atoms with E-state index in [9.17, 15) is 4.79 Å². The average Bonchev–Trinajstić information content (AvgIpc) is 2.45. The Morgan fingerprint density at radius 1 is 1.32 bits per heavy atom. The van der Waals surface area contributed by atoms with Crippen LogP contribution < -0.4 is 5.32 Å². The van der Waals surface area contributed by atoms with Crippen LogP contribution in [0.1, 0.15) is 12.5 Å². The van der Waals surface area contributed by atoms with Crippen LogP contribution >= 0.6 is 0 Å². The van der Waals surface area contributed by atoms with Crippen molar-refractivity contribution in [3.63, 3.8) is 0 Å². The highest BCUT2D eigenvalue weighted by Crippen LogP contribution is 2.00. The molecule has 0 aliphatic carbocycles. The molecular weight excluding hydrogens is 244 g/mol. The van der Waals surface area contributed by atoms with E-state index in [-0.39, 0.29) is 13.2 Å². The predicted molar refractivity (Wildman–Crippen MR) is 73.8 cm³/mol. The first-order valence-corrected chi connectivity index (χ1v) is 6.54. The quantitative estimate of drug-likeness (QED) is 0.743. The van der Waals surface area contributed by atoms with Gasteiger partial charge >= 0.3 is 6.09 Å². The number of hydrogen-bond donors (Lipinski definition) is 2. The van der Waals surface area contributed by atoms with Crippen LogP contribution in [0.15, 0.2) is 30.3 Å². The van der Waals surface area contributed by atoms with E-state index in [2.05, 4.69) is 10.2 Å². The maximum atomic E-state index is 11.4. The van der Waals surface area contributed by atoms with E-state index in [0.717, 1.165) is 12.1 Å². The fourth-order valence-electron chi connectivity index (χ4n) is 1.66. The first kappa shape index (κ1) is 15.5. The van der Waals surface area contributed by atoms with Gasteiger partial charge in [0, 0.05) is 19.6 Å². The van der Waals surface area contributed by atoms with Crippen LogP contribution in [-0.2, 0) is 11.3 Å². The van der Waals surface area contributed by atoms with Crippen LogP contribution in [0.2, 0.25) is 0 Å². The van der Waals surface area contributed by atoms with Gasteiger partial charge in [-0.25, -0.2) is 4.79 Å². The second-order valence-electron chi connectivity index (χ2n) is 4.15. The first-order chi connectivity index (χ1) is 9.26. The van der Waals surface area contributed by atoms with Gasteiger partial charge in [0.1, 0.15) is 6.61 Å². The molecule has 0 aliphatic heterocycles. The second kappa shape index (κ2) is 9.35. The molecular formula is C14H22N2O3. The number of hydrogen-bond acceptors (Lipinski definition) is 4. The van der Waals surface area contributed by atoms with E-state index in [0.29, 0.717) is 19.6 Å². The number of alkyl carbamates (subject to hydrolysis) is 1. The number of aliphatic hydroxyl groups is 1. The third-order valence-electron chi connectivity index (χ3n) is 2.77. The number of aliphatic hydroxyl groups excluding tert-OH is 1. The van der Waals surface area contributed by atoms with Gasteiger partial charge in [0.2, 0.25) is 0 Å². The van der Waals surface area contributed by atoms with Crippen molar-refractivity contribution in [1.29, 1.82) is 0 Å². The molecule has 2 N–H and O–H groups in total. The molecule has 0 saturated heterocycles. The van der Waals surface area contributed by atoms with Gasteiger partial charge in [-0.2, -0.15) is 0 Å². The molecule has 0 heterocycles. The monoisotopic (exact) mass is 266 g/mol. The second-order valence-corrected chi connectivity index (χ2v) is 4.15. The summed E-state index contributed by atoms with van der Waals surface area (Å²) in [6.45, 7) is 5.12. The molecule has 1 aromatic rings. The first-order valence-electron chi connectivity index (χ1n) is 6.54. The number of nitrogens with zero attached hydrogens (tertiary/aromatic N) is 1. The molecule has 0 saturated carbocycles. The number of carbonyl (C=O) groups excluding carboxylic acids is 1. The Labute approximate surface area is 114 Å². The fraction of sp³-hybridized carbons (Fsp3) is 0.500. The molecule has 5 heteroatoms. The number of rotatable bonds is 8. The van der Waals surface area contributed by atoms with Crippen molar-refractivity contribution in [2.24, 2.45) is 0 Å². The maximum absolute atomic E-state index is 11.4. The number of likely N-dealkylation sites (N-methyl/N-ethyl adjacent to an activating group) is 1. The normalized spacial score (nSPS) is 10.5. The standard InChI is InChI=1S/C14H22N2O3/c1-2-16(10-11-17)9-8-15-14(18)19-12-13-6-4-3-5-7-13/h3-7,17H,2,8-12H2,1H3,(H,15,18). The van der Waals surface area contributed by atoms with Gasteiger partial charge in [0.15, 0.2) is 0 Å². The Morgan fingerprint density at radius 3 is 2.68 bits per heavy atom. The Bertz CT molecular complexity index is 357. The van der Waals surface area contributed by atoms with Gasteiger partial charge in [-0.3, -0.25) is 4.90 Å². The summed E-state index contributed by atoms with van der Waals surface area (Å²) in [6, 6.07) is 9.56. The van der Waals surface area contributed by atoms with Gasteiger partial charge in [0.05, 0.1) is 6.61 Å². The van der Waals surface area contributed by atoms with Crippen molar-refractivity contribution in [3.8, 4) is 0 Å². The Kier molecular flexibility index (Phi) is 7.62. The van der Waals surface area contributed by atoms with E-state index in [1.807, 2.05) is 37.3 Å². The fourth-order valence-corrected chi connectivity index (χ4v) is 1.66. The van der Waals surface area contributed by atoms with Crippen molar-refractivity contribution >= 4 is 6.09 Å². The predicted octanol–water partition coefficient (Wildman–Crippen LogP) is 1.23. The maximum Gasteiger partial charge on any atom is 0.407 e. The lowest BCUT2D eigenvalue weighted by Crippen LogP contribution is -2.36. The SMILES string of the molecule is CCN(CCO)CCNC(=O)OCc1ccccc1. The molecule has 19 heavy (non-hydrogen) atoms. The van der Waals surface area contributed by atoms with Gasteiger partial charge in [-0.15, -0.1) is 0 Å². The summed E-state index contributed by atoms with van der Waals surface area (Å²) in [5.41, 5.74) is 0.966. The highest BCUT2D eigenvalue weighted by molar-refractivity contribution is 5.67. The molecule has 0 atom stereocenters. The largest absolute Gasteiger partial charge is 0.445 e. The Balaban J connectivity index is 2.14. The highest BCUT2D eigenvalue weighted by atomic mass is 16.5. The summed E-state index contributed by atoms with van der Waals surface area (Å²) in [7, 11) is 0. The van der Waals surface area contributed by atoms with Crippen molar-refractivity contribution in [3.05, 3.63) is 35.9 Å². The molecule has 0 radical (unpaired) electrons. The molecule has 0 spiro atoms.